The summed E-state index contributed by atoms with van der Waals surface area (Å²) in [6.07, 6.45) is 3.75. The van der Waals surface area contributed by atoms with Crippen molar-refractivity contribution in [2.45, 2.75) is 25.8 Å². The van der Waals surface area contributed by atoms with Crippen molar-refractivity contribution in [3.05, 3.63) is 59.5 Å². The van der Waals surface area contributed by atoms with E-state index in [1.807, 2.05) is 19.2 Å². The lowest BCUT2D eigenvalue weighted by Crippen LogP contribution is -2.17. The van der Waals surface area contributed by atoms with Gasteiger partial charge >= 0.3 is 0 Å². The third-order valence-corrected chi connectivity index (χ3v) is 3.09. The summed E-state index contributed by atoms with van der Waals surface area (Å²) in [6.45, 7) is 2.11. The highest BCUT2D eigenvalue weighted by molar-refractivity contribution is 5.24. The molecule has 0 saturated heterocycles. The third-order valence-electron chi connectivity index (χ3n) is 3.09. The van der Waals surface area contributed by atoms with Crippen LogP contribution >= 0.6 is 0 Å². The molecule has 0 fully saturated rings. The van der Waals surface area contributed by atoms with Gasteiger partial charge in [-0.3, -0.25) is 0 Å². The van der Waals surface area contributed by atoms with Gasteiger partial charge in [0, 0.05) is 12.5 Å². The molecule has 90 valence electrons. The van der Waals surface area contributed by atoms with Gasteiger partial charge in [0.15, 0.2) is 0 Å². The molecule has 0 bridgehead atoms. The van der Waals surface area contributed by atoms with E-state index < -0.39 is 0 Å². The average Bonchev–Trinajstić information content (AvgIpc) is 2.85. The van der Waals surface area contributed by atoms with E-state index in [2.05, 4.69) is 36.5 Å². The van der Waals surface area contributed by atoms with Crippen molar-refractivity contribution in [1.82, 2.24) is 5.32 Å². The zero-order valence-corrected chi connectivity index (χ0v) is 10.4. The Morgan fingerprint density at radius 2 is 1.94 bits per heavy atom. The van der Waals surface area contributed by atoms with Crippen molar-refractivity contribution in [2.24, 2.45) is 0 Å². The Morgan fingerprint density at radius 1 is 1.18 bits per heavy atom. The molecule has 0 amide bonds. The Bertz CT molecular complexity index is 430. The summed E-state index contributed by atoms with van der Waals surface area (Å²) in [5, 5.41) is 3.36. The maximum absolute atomic E-state index is 5.36. The summed E-state index contributed by atoms with van der Waals surface area (Å²) in [7, 11) is 2.01. The molecule has 1 heterocycles. The van der Waals surface area contributed by atoms with Crippen molar-refractivity contribution < 1.29 is 4.42 Å². The summed E-state index contributed by atoms with van der Waals surface area (Å²) in [5.41, 5.74) is 2.64. The van der Waals surface area contributed by atoms with Crippen LogP contribution < -0.4 is 5.32 Å². The van der Waals surface area contributed by atoms with Gasteiger partial charge in [-0.2, -0.15) is 0 Å². The van der Waals surface area contributed by atoms with Gasteiger partial charge < -0.3 is 9.73 Å². The van der Waals surface area contributed by atoms with Gasteiger partial charge in [0.25, 0.3) is 0 Å². The van der Waals surface area contributed by atoms with Crippen LogP contribution in [0.4, 0.5) is 0 Å². The molecule has 2 aromatic rings. The van der Waals surface area contributed by atoms with Crippen LogP contribution in [0.5, 0.6) is 0 Å². The average molecular weight is 229 g/mol. The highest BCUT2D eigenvalue weighted by Crippen LogP contribution is 2.19. The summed E-state index contributed by atoms with van der Waals surface area (Å²) >= 11 is 0. The van der Waals surface area contributed by atoms with Crippen molar-refractivity contribution in [1.29, 1.82) is 0 Å². The third kappa shape index (κ3) is 3.21. The lowest BCUT2D eigenvalue weighted by Gasteiger charge is -2.16. The van der Waals surface area contributed by atoms with Crippen molar-refractivity contribution in [3.63, 3.8) is 0 Å². The van der Waals surface area contributed by atoms with Gasteiger partial charge in [0.2, 0.25) is 0 Å². The SMILES string of the molecule is CNC(CCc1ccco1)c1ccc(C)cc1. The van der Waals surface area contributed by atoms with Crippen LogP contribution in [0.3, 0.4) is 0 Å². The molecule has 1 unspecified atom stereocenters. The van der Waals surface area contributed by atoms with Crippen molar-refractivity contribution in [3.8, 4) is 0 Å². The van der Waals surface area contributed by atoms with E-state index in [4.69, 9.17) is 4.42 Å². The van der Waals surface area contributed by atoms with Crippen LogP contribution in [0.25, 0.3) is 0 Å². The highest BCUT2D eigenvalue weighted by atomic mass is 16.3. The number of rotatable bonds is 5. The molecule has 17 heavy (non-hydrogen) atoms. The van der Waals surface area contributed by atoms with Gasteiger partial charge in [-0.1, -0.05) is 29.8 Å². The second kappa shape index (κ2) is 5.69. The molecule has 2 nitrogen and oxygen atoms in total. The minimum absolute atomic E-state index is 0.390. The molecule has 0 aliphatic carbocycles. The van der Waals surface area contributed by atoms with E-state index in [0.29, 0.717) is 6.04 Å². The lowest BCUT2D eigenvalue weighted by molar-refractivity contribution is 0.469. The zero-order chi connectivity index (χ0) is 12.1. The van der Waals surface area contributed by atoms with Gasteiger partial charge in [-0.15, -0.1) is 0 Å². The first-order chi connectivity index (χ1) is 8.29. The number of hydrogen-bond donors (Lipinski definition) is 1. The van der Waals surface area contributed by atoms with Gasteiger partial charge in [0.05, 0.1) is 6.26 Å². The fraction of sp³-hybridized carbons (Fsp3) is 0.333. The number of aryl methyl sites for hydroxylation is 2. The fourth-order valence-electron chi connectivity index (χ4n) is 2.02. The van der Waals surface area contributed by atoms with Crippen LogP contribution in [0, 0.1) is 6.92 Å². The topological polar surface area (TPSA) is 25.2 Å². The normalized spacial score (nSPS) is 12.6. The molecule has 1 aromatic heterocycles. The van der Waals surface area contributed by atoms with Crippen LogP contribution in [-0.2, 0) is 6.42 Å². The number of nitrogens with one attached hydrogen (secondary N) is 1. The summed E-state index contributed by atoms with van der Waals surface area (Å²) in [4.78, 5) is 0. The molecular formula is C15H19NO. The first-order valence-electron chi connectivity index (χ1n) is 6.06. The van der Waals surface area contributed by atoms with E-state index in [1.54, 1.807) is 6.26 Å². The van der Waals surface area contributed by atoms with E-state index >= 15 is 0 Å². The monoisotopic (exact) mass is 229 g/mol. The van der Waals surface area contributed by atoms with Crippen molar-refractivity contribution >= 4 is 0 Å². The predicted octanol–water partition coefficient (Wildman–Crippen LogP) is 3.48. The number of benzene rings is 1. The van der Waals surface area contributed by atoms with Crippen LogP contribution in [-0.4, -0.2) is 7.05 Å². The first-order valence-corrected chi connectivity index (χ1v) is 6.06. The molecule has 1 aromatic carbocycles. The Morgan fingerprint density at radius 3 is 2.53 bits per heavy atom. The Hall–Kier alpha value is -1.54. The molecule has 0 aliphatic rings. The molecule has 0 saturated carbocycles. The van der Waals surface area contributed by atoms with E-state index in [-0.39, 0.29) is 0 Å². The minimum atomic E-state index is 0.390. The fourth-order valence-corrected chi connectivity index (χ4v) is 2.02. The van der Waals surface area contributed by atoms with E-state index in [1.165, 1.54) is 11.1 Å². The molecule has 0 aliphatic heterocycles. The zero-order valence-electron chi connectivity index (χ0n) is 10.4. The predicted molar refractivity (Wildman–Crippen MR) is 70.0 cm³/mol. The lowest BCUT2D eigenvalue weighted by atomic mass is 10.0. The first kappa shape index (κ1) is 11.9. The van der Waals surface area contributed by atoms with Crippen LogP contribution in [0.1, 0.15) is 29.3 Å². The number of furan rings is 1. The Labute approximate surface area is 103 Å². The molecule has 1 atom stereocenters. The van der Waals surface area contributed by atoms with Crippen molar-refractivity contribution in [2.75, 3.05) is 7.05 Å². The largest absolute Gasteiger partial charge is 0.469 e. The van der Waals surface area contributed by atoms with E-state index in [9.17, 15) is 0 Å². The molecular weight excluding hydrogens is 210 g/mol. The standard InChI is InChI=1S/C15H19NO/c1-12-5-7-13(8-6-12)15(16-2)10-9-14-4-3-11-17-14/h3-8,11,15-16H,9-10H2,1-2H3. The maximum atomic E-state index is 5.36. The smallest absolute Gasteiger partial charge is 0.103 e. The molecule has 2 rings (SSSR count). The molecule has 0 radical (unpaired) electrons. The van der Waals surface area contributed by atoms with Crippen LogP contribution in [0.2, 0.25) is 0 Å². The van der Waals surface area contributed by atoms with Gasteiger partial charge in [0.1, 0.15) is 5.76 Å². The molecule has 2 heteroatoms. The van der Waals surface area contributed by atoms with Gasteiger partial charge in [-0.05, 0) is 38.1 Å². The summed E-state index contributed by atoms with van der Waals surface area (Å²) in [5.74, 6) is 1.05. The second-order valence-electron chi connectivity index (χ2n) is 4.37. The number of hydrogen-bond acceptors (Lipinski definition) is 2. The second-order valence-corrected chi connectivity index (χ2v) is 4.37. The molecule has 1 N–H and O–H groups in total. The summed E-state index contributed by atoms with van der Waals surface area (Å²) in [6, 6.07) is 13.1. The van der Waals surface area contributed by atoms with Gasteiger partial charge in [-0.25, -0.2) is 0 Å². The van der Waals surface area contributed by atoms with E-state index in [0.717, 1.165) is 18.6 Å². The Balaban J connectivity index is 1.99. The molecule has 0 spiro atoms. The highest BCUT2D eigenvalue weighted by Gasteiger charge is 2.09. The minimum Gasteiger partial charge on any atom is -0.469 e. The maximum Gasteiger partial charge on any atom is 0.103 e. The summed E-state index contributed by atoms with van der Waals surface area (Å²) < 4.78 is 5.36. The Kier molecular flexibility index (Phi) is 3.99. The quantitative estimate of drug-likeness (QED) is 0.849. The van der Waals surface area contributed by atoms with Crippen LogP contribution in [0.15, 0.2) is 47.1 Å².